The van der Waals surface area contributed by atoms with Crippen molar-refractivity contribution in [3.05, 3.63) is 39.7 Å². The number of amides is 1. The molecule has 1 aromatic carbocycles. The number of hydrogen-bond acceptors (Lipinski definition) is 3. The second-order valence-corrected chi connectivity index (χ2v) is 5.54. The third-order valence-corrected chi connectivity index (χ3v) is 4.34. The minimum absolute atomic E-state index is 0.250. The first-order chi connectivity index (χ1) is 10.0. The van der Waals surface area contributed by atoms with Crippen molar-refractivity contribution in [2.24, 2.45) is 11.8 Å². The third kappa shape index (κ3) is 3.69. The molecule has 1 N–H and O–H groups in total. The van der Waals surface area contributed by atoms with Crippen LogP contribution in [0.3, 0.4) is 0 Å². The summed E-state index contributed by atoms with van der Waals surface area (Å²) < 4.78 is 13.2. The molecule has 5 nitrogen and oxygen atoms in total. The highest BCUT2D eigenvalue weighted by atomic mass is 35.5. The van der Waals surface area contributed by atoms with Crippen LogP contribution >= 0.6 is 11.6 Å². The van der Waals surface area contributed by atoms with E-state index in [1.165, 1.54) is 0 Å². The minimum Gasteiger partial charge on any atom is -0.352 e. The molecule has 2 unspecified atom stereocenters. The fourth-order valence-electron chi connectivity index (χ4n) is 2.75. The van der Waals surface area contributed by atoms with Crippen molar-refractivity contribution in [3.63, 3.8) is 0 Å². The van der Waals surface area contributed by atoms with Crippen LogP contribution in [0, 0.1) is 27.8 Å². The van der Waals surface area contributed by atoms with Gasteiger partial charge in [0.05, 0.1) is 4.92 Å². The van der Waals surface area contributed by atoms with Crippen LogP contribution in [0.4, 0.5) is 10.1 Å². The molecule has 0 aromatic heterocycles. The molecule has 1 saturated carbocycles. The average Bonchev–Trinajstić information content (AvgIpc) is 2.91. The summed E-state index contributed by atoms with van der Waals surface area (Å²) in [6.45, 7) is 0.407. The molecule has 0 bridgehead atoms. The molecule has 1 aliphatic carbocycles. The quantitative estimate of drug-likeness (QED) is 0.515. The van der Waals surface area contributed by atoms with E-state index in [0.29, 0.717) is 18.3 Å². The van der Waals surface area contributed by atoms with Crippen LogP contribution in [0.25, 0.3) is 0 Å². The number of carbonyl (C=O) groups excluding carboxylic acids is 1. The molecule has 0 heterocycles. The maximum Gasteiger partial charge on any atom is 0.282 e. The normalized spacial score (nSPS) is 21.2. The Bertz CT molecular complexity index is 553. The standard InChI is InChI=1S/C14H16ClFN2O3/c15-7-9-2-1-3-10(9)8-17-14(19)12-6-11(16)4-5-13(12)18(20)21/h4-6,9-10H,1-3,7-8H2,(H,17,19). The van der Waals surface area contributed by atoms with Gasteiger partial charge in [0.2, 0.25) is 0 Å². The van der Waals surface area contributed by atoms with Crippen LogP contribution in [-0.4, -0.2) is 23.3 Å². The van der Waals surface area contributed by atoms with E-state index in [9.17, 15) is 19.3 Å². The number of nitrogens with one attached hydrogen (secondary N) is 1. The molecule has 1 aliphatic rings. The van der Waals surface area contributed by atoms with Gasteiger partial charge in [-0.1, -0.05) is 6.42 Å². The van der Waals surface area contributed by atoms with Crippen LogP contribution in [0.2, 0.25) is 0 Å². The lowest BCUT2D eigenvalue weighted by Gasteiger charge is -2.17. The van der Waals surface area contributed by atoms with Crippen molar-refractivity contribution >= 4 is 23.2 Å². The van der Waals surface area contributed by atoms with Gasteiger partial charge in [-0.25, -0.2) is 4.39 Å². The predicted octanol–water partition coefficient (Wildman–Crippen LogP) is 3.12. The van der Waals surface area contributed by atoms with Gasteiger partial charge in [0, 0.05) is 18.5 Å². The van der Waals surface area contributed by atoms with E-state index in [4.69, 9.17) is 11.6 Å². The van der Waals surface area contributed by atoms with Crippen molar-refractivity contribution < 1.29 is 14.1 Å². The fraction of sp³-hybridized carbons (Fsp3) is 0.500. The van der Waals surface area contributed by atoms with E-state index in [0.717, 1.165) is 37.5 Å². The molecule has 7 heteroatoms. The number of halogens is 2. The Morgan fingerprint density at radius 1 is 1.43 bits per heavy atom. The molecule has 1 amide bonds. The SMILES string of the molecule is O=C(NCC1CCCC1CCl)c1cc(F)ccc1[N+](=O)[O-]. The molecule has 2 atom stereocenters. The van der Waals surface area contributed by atoms with Crippen LogP contribution in [0.1, 0.15) is 29.6 Å². The van der Waals surface area contributed by atoms with Crippen molar-refractivity contribution in [3.8, 4) is 0 Å². The Hall–Kier alpha value is -1.69. The molecule has 2 rings (SSSR count). The molecule has 1 fully saturated rings. The molecule has 0 saturated heterocycles. The van der Waals surface area contributed by atoms with Crippen LogP contribution in [-0.2, 0) is 0 Å². The highest BCUT2D eigenvalue weighted by Gasteiger charge is 2.28. The zero-order valence-corrected chi connectivity index (χ0v) is 12.1. The van der Waals surface area contributed by atoms with E-state index in [1.54, 1.807) is 0 Å². The van der Waals surface area contributed by atoms with Crippen LogP contribution in [0.15, 0.2) is 18.2 Å². The van der Waals surface area contributed by atoms with Gasteiger partial charge in [0.1, 0.15) is 11.4 Å². The summed E-state index contributed by atoms with van der Waals surface area (Å²) in [4.78, 5) is 22.3. The highest BCUT2D eigenvalue weighted by Crippen LogP contribution is 2.32. The van der Waals surface area contributed by atoms with E-state index < -0.39 is 22.3 Å². The monoisotopic (exact) mass is 314 g/mol. The largest absolute Gasteiger partial charge is 0.352 e. The Morgan fingerprint density at radius 2 is 2.14 bits per heavy atom. The molecular formula is C14H16ClFN2O3. The fourth-order valence-corrected chi connectivity index (χ4v) is 3.16. The van der Waals surface area contributed by atoms with Crippen LogP contribution in [0.5, 0.6) is 0 Å². The Kier molecular flexibility index (Phi) is 5.12. The summed E-state index contributed by atoms with van der Waals surface area (Å²) in [5.74, 6) is -0.124. The third-order valence-electron chi connectivity index (χ3n) is 3.94. The van der Waals surface area contributed by atoms with Gasteiger partial charge in [-0.05, 0) is 36.8 Å². The lowest BCUT2D eigenvalue weighted by atomic mass is 9.98. The van der Waals surface area contributed by atoms with E-state index >= 15 is 0 Å². The van der Waals surface area contributed by atoms with Gasteiger partial charge >= 0.3 is 0 Å². The lowest BCUT2D eigenvalue weighted by molar-refractivity contribution is -0.385. The van der Waals surface area contributed by atoms with Crippen molar-refractivity contribution in [2.45, 2.75) is 19.3 Å². The maximum absolute atomic E-state index is 13.2. The van der Waals surface area contributed by atoms with Crippen LogP contribution < -0.4 is 5.32 Å². The summed E-state index contributed by atoms with van der Waals surface area (Å²) in [6.07, 6.45) is 3.07. The summed E-state index contributed by atoms with van der Waals surface area (Å²) in [5, 5.41) is 13.5. The van der Waals surface area contributed by atoms with E-state index in [2.05, 4.69) is 5.32 Å². The summed E-state index contributed by atoms with van der Waals surface area (Å²) in [6, 6.07) is 2.86. The predicted molar refractivity (Wildman–Crippen MR) is 76.9 cm³/mol. The lowest BCUT2D eigenvalue weighted by Crippen LogP contribution is -2.31. The first-order valence-electron chi connectivity index (χ1n) is 6.81. The molecule has 21 heavy (non-hydrogen) atoms. The zero-order chi connectivity index (χ0) is 15.4. The number of alkyl halides is 1. The van der Waals surface area contributed by atoms with E-state index in [-0.39, 0.29) is 11.5 Å². The van der Waals surface area contributed by atoms with Crippen molar-refractivity contribution in [1.29, 1.82) is 0 Å². The Balaban J connectivity index is 2.06. The van der Waals surface area contributed by atoms with Gasteiger partial charge in [-0.15, -0.1) is 11.6 Å². The average molecular weight is 315 g/mol. The van der Waals surface area contributed by atoms with Gasteiger partial charge in [0.25, 0.3) is 11.6 Å². The number of nitrogens with zero attached hydrogens (tertiary/aromatic N) is 1. The summed E-state index contributed by atoms with van der Waals surface area (Å²) in [7, 11) is 0. The number of hydrogen-bond donors (Lipinski definition) is 1. The second-order valence-electron chi connectivity index (χ2n) is 5.23. The molecular weight excluding hydrogens is 299 g/mol. The van der Waals surface area contributed by atoms with Gasteiger partial charge in [-0.2, -0.15) is 0 Å². The zero-order valence-electron chi connectivity index (χ0n) is 11.4. The first kappa shape index (κ1) is 15.7. The van der Waals surface area contributed by atoms with Gasteiger partial charge in [0.15, 0.2) is 0 Å². The topological polar surface area (TPSA) is 72.2 Å². The number of benzene rings is 1. The van der Waals surface area contributed by atoms with Crippen molar-refractivity contribution in [2.75, 3.05) is 12.4 Å². The highest BCUT2D eigenvalue weighted by molar-refractivity contribution is 6.18. The second kappa shape index (κ2) is 6.85. The molecule has 0 spiro atoms. The first-order valence-corrected chi connectivity index (χ1v) is 7.34. The Labute approximate surface area is 126 Å². The smallest absolute Gasteiger partial charge is 0.282 e. The molecule has 1 aromatic rings. The Morgan fingerprint density at radius 3 is 2.81 bits per heavy atom. The summed E-state index contributed by atoms with van der Waals surface area (Å²) in [5.41, 5.74) is -0.644. The van der Waals surface area contributed by atoms with Gasteiger partial charge in [-0.3, -0.25) is 14.9 Å². The molecule has 0 aliphatic heterocycles. The van der Waals surface area contributed by atoms with E-state index in [1.807, 2.05) is 0 Å². The number of carbonyl (C=O) groups is 1. The number of nitro benzene ring substituents is 1. The molecule has 114 valence electrons. The molecule has 0 radical (unpaired) electrons. The summed E-state index contributed by atoms with van der Waals surface area (Å²) >= 11 is 5.87. The number of nitro groups is 1. The van der Waals surface area contributed by atoms with Crippen molar-refractivity contribution in [1.82, 2.24) is 5.32 Å². The van der Waals surface area contributed by atoms with Gasteiger partial charge < -0.3 is 5.32 Å². The maximum atomic E-state index is 13.2. The number of rotatable bonds is 5. The minimum atomic E-state index is -0.689.